The number of imidazole rings is 1. The molecule has 0 unspecified atom stereocenters. The van der Waals surface area contributed by atoms with E-state index in [0.717, 1.165) is 42.8 Å². The minimum Gasteiger partial charge on any atom is -0.383 e. The molecule has 5 heteroatoms. The molecule has 0 spiro atoms. The number of benzene rings is 1. The van der Waals surface area contributed by atoms with Crippen LogP contribution in [-0.4, -0.2) is 29.8 Å². The van der Waals surface area contributed by atoms with Gasteiger partial charge in [0, 0.05) is 43.5 Å². The van der Waals surface area contributed by atoms with Gasteiger partial charge < -0.3 is 14.6 Å². The average Bonchev–Trinajstić information content (AvgIpc) is 2.92. The summed E-state index contributed by atoms with van der Waals surface area (Å²) in [6.45, 7) is 4.54. The van der Waals surface area contributed by atoms with E-state index in [9.17, 15) is 0 Å². The summed E-state index contributed by atoms with van der Waals surface area (Å²) in [4.78, 5) is 4.47. The number of hydrogen-bond acceptors (Lipinski definition) is 3. The maximum atomic E-state index is 5.07. The van der Waals surface area contributed by atoms with Gasteiger partial charge >= 0.3 is 0 Å². The number of nitrogens with zero attached hydrogens (tertiary/aromatic N) is 2. The molecular formula is C16H22BrN3O. The molecule has 0 aliphatic heterocycles. The largest absolute Gasteiger partial charge is 0.383 e. The number of rotatable bonds is 8. The average molecular weight is 352 g/mol. The highest BCUT2D eigenvalue weighted by Gasteiger charge is 2.09. The van der Waals surface area contributed by atoms with E-state index >= 15 is 0 Å². The van der Waals surface area contributed by atoms with E-state index in [1.165, 1.54) is 11.3 Å². The van der Waals surface area contributed by atoms with Gasteiger partial charge in [0.2, 0.25) is 0 Å². The molecule has 0 saturated heterocycles. The van der Waals surface area contributed by atoms with Crippen molar-refractivity contribution in [3.63, 3.8) is 0 Å². The Labute approximate surface area is 134 Å². The highest BCUT2D eigenvalue weighted by atomic mass is 79.9. The third-order valence-corrected chi connectivity index (χ3v) is 3.78. The molecule has 0 saturated carbocycles. The van der Waals surface area contributed by atoms with Crippen LogP contribution in [0, 0.1) is 0 Å². The fraction of sp³-hybridized carbons (Fsp3) is 0.438. The summed E-state index contributed by atoms with van der Waals surface area (Å²) >= 11 is 3.55. The summed E-state index contributed by atoms with van der Waals surface area (Å²) < 4.78 is 8.34. The van der Waals surface area contributed by atoms with Crippen LogP contribution in [0.5, 0.6) is 0 Å². The maximum Gasteiger partial charge on any atom is 0.113 e. The van der Waals surface area contributed by atoms with Crippen LogP contribution < -0.4 is 5.32 Å². The van der Waals surface area contributed by atoms with Gasteiger partial charge in [0.15, 0.2) is 0 Å². The maximum absolute atomic E-state index is 5.07. The van der Waals surface area contributed by atoms with E-state index in [-0.39, 0.29) is 0 Å². The predicted octanol–water partition coefficient (Wildman–Crippen LogP) is 3.32. The molecule has 0 amide bonds. The highest BCUT2D eigenvalue weighted by molar-refractivity contribution is 9.10. The lowest BCUT2D eigenvalue weighted by Gasteiger charge is -2.14. The SMILES string of the molecule is CCCc1nccn1-c1ccc(Br)cc1CNCCOC. The Balaban J connectivity index is 2.23. The molecule has 0 aliphatic rings. The molecule has 0 aliphatic carbocycles. The molecule has 1 aromatic heterocycles. The number of aryl methyl sites for hydroxylation is 1. The first-order valence-electron chi connectivity index (χ1n) is 7.27. The zero-order chi connectivity index (χ0) is 15.1. The second-order valence-corrected chi connectivity index (χ2v) is 5.82. The Morgan fingerprint density at radius 1 is 1.38 bits per heavy atom. The summed E-state index contributed by atoms with van der Waals surface area (Å²) in [5.41, 5.74) is 2.43. The van der Waals surface area contributed by atoms with Gasteiger partial charge in [-0.15, -0.1) is 0 Å². The van der Waals surface area contributed by atoms with Gasteiger partial charge in [-0.2, -0.15) is 0 Å². The first kappa shape index (κ1) is 16.2. The molecule has 1 heterocycles. The van der Waals surface area contributed by atoms with Gasteiger partial charge in [-0.1, -0.05) is 22.9 Å². The van der Waals surface area contributed by atoms with Gasteiger partial charge in [-0.25, -0.2) is 4.98 Å². The summed E-state index contributed by atoms with van der Waals surface area (Å²) in [6, 6.07) is 6.37. The van der Waals surface area contributed by atoms with Crippen molar-refractivity contribution >= 4 is 15.9 Å². The minimum absolute atomic E-state index is 0.718. The monoisotopic (exact) mass is 351 g/mol. The number of nitrogens with one attached hydrogen (secondary N) is 1. The van der Waals surface area contributed by atoms with E-state index in [0.29, 0.717) is 0 Å². The molecular weight excluding hydrogens is 330 g/mol. The van der Waals surface area contributed by atoms with Crippen LogP contribution in [-0.2, 0) is 17.7 Å². The highest BCUT2D eigenvalue weighted by Crippen LogP contribution is 2.22. The Bertz CT molecular complexity index is 568. The number of ether oxygens (including phenoxy) is 1. The van der Waals surface area contributed by atoms with Crippen molar-refractivity contribution in [1.29, 1.82) is 0 Å². The van der Waals surface area contributed by atoms with Gasteiger partial charge in [0.05, 0.1) is 12.3 Å². The van der Waals surface area contributed by atoms with Crippen LogP contribution in [0.1, 0.15) is 24.7 Å². The molecule has 2 rings (SSSR count). The molecule has 1 N–H and O–H groups in total. The van der Waals surface area contributed by atoms with Crippen molar-refractivity contribution in [1.82, 2.24) is 14.9 Å². The van der Waals surface area contributed by atoms with Gasteiger partial charge in [-0.05, 0) is 30.2 Å². The van der Waals surface area contributed by atoms with Crippen molar-refractivity contribution in [2.24, 2.45) is 0 Å². The van der Waals surface area contributed by atoms with Crippen molar-refractivity contribution in [3.8, 4) is 5.69 Å². The first-order valence-corrected chi connectivity index (χ1v) is 8.06. The van der Waals surface area contributed by atoms with Crippen LogP contribution in [0.25, 0.3) is 5.69 Å². The van der Waals surface area contributed by atoms with Crippen LogP contribution in [0.15, 0.2) is 35.1 Å². The first-order chi connectivity index (χ1) is 10.3. The number of halogens is 1. The summed E-state index contributed by atoms with van der Waals surface area (Å²) in [5.74, 6) is 1.11. The van der Waals surface area contributed by atoms with E-state index in [4.69, 9.17) is 4.74 Å². The van der Waals surface area contributed by atoms with Crippen LogP contribution >= 0.6 is 15.9 Å². The normalized spacial score (nSPS) is 11.0. The summed E-state index contributed by atoms with van der Waals surface area (Å²) in [6.07, 6.45) is 5.98. The van der Waals surface area contributed by atoms with Crippen LogP contribution in [0.2, 0.25) is 0 Å². The molecule has 0 bridgehead atoms. The summed E-state index contributed by atoms with van der Waals surface area (Å²) in [7, 11) is 1.72. The quantitative estimate of drug-likeness (QED) is 0.741. The molecule has 114 valence electrons. The zero-order valence-corrected chi connectivity index (χ0v) is 14.2. The lowest BCUT2D eigenvalue weighted by molar-refractivity contribution is 0.199. The van der Waals surface area contributed by atoms with E-state index < -0.39 is 0 Å². The second-order valence-electron chi connectivity index (χ2n) is 4.91. The van der Waals surface area contributed by atoms with Gasteiger partial charge in [0.25, 0.3) is 0 Å². The Hall–Kier alpha value is -1.17. The molecule has 0 atom stereocenters. The van der Waals surface area contributed by atoms with Crippen molar-refractivity contribution < 1.29 is 4.74 Å². The summed E-state index contributed by atoms with van der Waals surface area (Å²) in [5, 5.41) is 3.40. The fourth-order valence-corrected chi connectivity index (χ4v) is 2.70. The Kier molecular flexibility index (Phi) is 6.42. The zero-order valence-electron chi connectivity index (χ0n) is 12.6. The topological polar surface area (TPSA) is 39.1 Å². The smallest absolute Gasteiger partial charge is 0.113 e. The third kappa shape index (κ3) is 4.40. The molecule has 1 aromatic carbocycles. The van der Waals surface area contributed by atoms with E-state index in [1.54, 1.807) is 7.11 Å². The Morgan fingerprint density at radius 2 is 2.24 bits per heavy atom. The van der Waals surface area contributed by atoms with Gasteiger partial charge in [0.1, 0.15) is 5.82 Å². The van der Waals surface area contributed by atoms with E-state index in [1.807, 2.05) is 12.4 Å². The molecule has 2 aromatic rings. The lowest BCUT2D eigenvalue weighted by Crippen LogP contribution is -2.19. The molecule has 4 nitrogen and oxygen atoms in total. The van der Waals surface area contributed by atoms with Crippen molar-refractivity contribution in [2.45, 2.75) is 26.3 Å². The van der Waals surface area contributed by atoms with Crippen LogP contribution in [0.4, 0.5) is 0 Å². The lowest BCUT2D eigenvalue weighted by atomic mass is 10.1. The number of aromatic nitrogens is 2. The predicted molar refractivity (Wildman–Crippen MR) is 88.8 cm³/mol. The molecule has 0 fully saturated rings. The van der Waals surface area contributed by atoms with E-state index in [2.05, 4.69) is 55.9 Å². The van der Waals surface area contributed by atoms with Gasteiger partial charge in [-0.3, -0.25) is 0 Å². The fourth-order valence-electron chi connectivity index (χ4n) is 2.29. The van der Waals surface area contributed by atoms with Crippen molar-refractivity contribution in [3.05, 3.63) is 46.5 Å². The van der Waals surface area contributed by atoms with Crippen LogP contribution in [0.3, 0.4) is 0 Å². The Morgan fingerprint density at radius 3 is 3.00 bits per heavy atom. The second kappa shape index (κ2) is 8.32. The van der Waals surface area contributed by atoms with Crippen molar-refractivity contribution in [2.75, 3.05) is 20.3 Å². The molecule has 21 heavy (non-hydrogen) atoms. The molecule has 0 radical (unpaired) electrons. The minimum atomic E-state index is 0.718. The number of methoxy groups -OCH3 is 1. The number of hydrogen-bond donors (Lipinski definition) is 1. The standard InChI is InChI=1S/C16H22BrN3O/c1-3-4-16-19-7-9-20(16)15-6-5-14(17)11-13(15)12-18-8-10-21-2/h5-7,9,11,18H,3-4,8,10,12H2,1-2H3. The third-order valence-electron chi connectivity index (χ3n) is 3.29.